The van der Waals surface area contributed by atoms with Gasteiger partial charge < -0.3 is 19.5 Å². The van der Waals surface area contributed by atoms with Crippen LogP contribution in [0.15, 0.2) is 66.7 Å². The van der Waals surface area contributed by atoms with E-state index in [0.29, 0.717) is 28.4 Å². The summed E-state index contributed by atoms with van der Waals surface area (Å²) in [6.07, 6.45) is 0. The third-order valence-corrected chi connectivity index (χ3v) is 4.91. The number of fused-ring (bicyclic) bond motifs is 1. The third-order valence-electron chi connectivity index (χ3n) is 4.91. The lowest BCUT2D eigenvalue weighted by Gasteiger charge is -2.34. The fourth-order valence-corrected chi connectivity index (χ4v) is 3.48. The van der Waals surface area contributed by atoms with Gasteiger partial charge in [0.2, 0.25) is 11.5 Å². The average molecular weight is 379 g/mol. The number of methoxy groups -OCH3 is 2. The number of hydrogen-bond donors (Lipinski definition) is 1. The molecule has 28 heavy (non-hydrogen) atoms. The summed E-state index contributed by atoms with van der Waals surface area (Å²) in [5.74, 6) is 0.249. The average Bonchev–Trinajstić information content (AvgIpc) is 2.96. The van der Waals surface area contributed by atoms with E-state index in [-0.39, 0.29) is 5.56 Å². The Kier molecular flexibility index (Phi) is 4.28. The molecule has 1 aliphatic heterocycles. The van der Waals surface area contributed by atoms with Crippen LogP contribution in [0.4, 0.5) is 15.8 Å². The zero-order valence-electron chi connectivity index (χ0n) is 15.3. The molecule has 0 saturated heterocycles. The van der Waals surface area contributed by atoms with Crippen molar-refractivity contribution < 1.29 is 23.8 Å². The quantitative estimate of drug-likeness (QED) is 0.742. The number of ether oxygens (including phenoxy) is 2. The fourth-order valence-electron chi connectivity index (χ4n) is 3.48. The molecule has 0 fully saturated rings. The van der Waals surface area contributed by atoms with Crippen molar-refractivity contribution in [3.05, 3.63) is 83.7 Å². The van der Waals surface area contributed by atoms with Gasteiger partial charge in [-0.25, -0.2) is 4.39 Å². The van der Waals surface area contributed by atoms with Crippen LogP contribution >= 0.6 is 0 Å². The van der Waals surface area contributed by atoms with Gasteiger partial charge in [-0.2, -0.15) is 0 Å². The van der Waals surface area contributed by atoms with Crippen LogP contribution in [0.1, 0.15) is 15.9 Å². The molecular weight excluding hydrogens is 361 g/mol. The lowest BCUT2D eigenvalue weighted by molar-refractivity contribution is 0.0378. The normalized spacial score (nSPS) is 18.1. The monoisotopic (exact) mass is 379 g/mol. The highest BCUT2D eigenvalue weighted by Crippen LogP contribution is 2.49. The molecule has 6 heteroatoms. The van der Waals surface area contributed by atoms with E-state index in [2.05, 4.69) is 0 Å². The summed E-state index contributed by atoms with van der Waals surface area (Å²) >= 11 is 0. The SMILES string of the molecule is COc1ccc(N2c3cc(OC)ccc3C(=O)C2(O)c2ccc(F)cc2)cc1. The van der Waals surface area contributed by atoms with Gasteiger partial charge in [-0.3, -0.25) is 4.79 Å². The van der Waals surface area contributed by atoms with Crippen molar-refractivity contribution in [2.24, 2.45) is 0 Å². The molecule has 1 aliphatic rings. The molecule has 1 unspecified atom stereocenters. The van der Waals surface area contributed by atoms with Gasteiger partial charge in [0, 0.05) is 22.9 Å². The number of benzene rings is 3. The zero-order valence-corrected chi connectivity index (χ0v) is 15.3. The molecule has 0 spiro atoms. The van der Waals surface area contributed by atoms with Crippen LogP contribution in [-0.4, -0.2) is 25.1 Å². The van der Waals surface area contributed by atoms with Crippen LogP contribution in [-0.2, 0) is 5.72 Å². The summed E-state index contributed by atoms with van der Waals surface area (Å²) in [6, 6.07) is 17.2. The molecule has 3 aromatic carbocycles. The maximum atomic E-state index is 13.5. The predicted molar refractivity (Wildman–Crippen MR) is 103 cm³/mol. The van der Waals surface area contributed by atoms with Crippen molar-refractivity contribution in [3.8, 4) is 11.5 Å². The van der Waals surface area contributed by atoms with E-state index in [0.717, 1.165) is 0 Å². The minimum absolute atomic E-state index is 0.268. The van der Waals surface area contributed by atoms with Gasteiger partial charge in [0.15, 0.2) is 0 Å². The van der Waals surface area contributed by atoms with Crippen molar-refractivity contribution in [2.45, 2.75) is 5.72 Å². The maximum absolute atomic E-state index is 13.5. The molecule has 0 bridgehead atoms. The summed E-state index contributed by atoms with van der Waals surface area (Å²) in [6.45, 7) is 0. The number of halogens is 1. The number of anilines is 2. The van der Waals surface area contributed by atoms with Crippen molar-refractivity contribution in [1.29, 1.82) is 0 Å². The molecule has 1 heterocycles. The molecule has 1 atom stereocenters. The Balaban J connectivity index is 1.95. The van der Waals surface area contributed by atoms with Gasteiger partial charge in [-0.1, -0.05) is 12.1 Å². The number of nitrogens with zero attached hydrogens (tertiary/aromatic N) is 1. The third kappa shape index (κ3) is 2.61. The topological polar surface area (TPSA) is 59.0 Å². The smallest absolute Gasteiger partial charge is 0.234 e. The number of rotatable bonds is 4. The Morgan fingerprint density at radius 3 is 2.11 bits per heavy atom. The van der Waals surface area contributed by atoms with Crippen LogP contribution in [0.2, 0.25) is 0 Å². The van der Waals surface area contributed by atoms with Gasteiger partial charge >= 0.3 is 0 Å². The molecule has 3 aromatic rings. The summed E-state index contributed by atoms with van der Waals surface area (Å²) in [5.41, 5.74) is -0.320. The van der Waals surface area contributed by atoms with E-state index in [4.69, 9.17) is 9.47 Å². The van der Waals surface area contributed by atoms with Crippen LogP contribution < -0.4 is 14.4 Å². The summed E-state index contributed by atoms with van der Waals surface area (Å²) < 4.78 is 23.9. The number of ketones is 1. The lowest BCUT2D eigenvalue weighted by Crippen LogP contribution is -2.45. The number of Topliss-reactive ketones (excluding diaryl/α,β-unsaturated/α-hetero) is 1. The van der Waals surface area contributed by atoms with Crippen molar-refractivity contribution in [3.63, 3.8) is 0 Å². The zero-order chi connectivity index (χ0) is 19.9. The first-order valence-electron chi connectivity index (χ1n) is 8.64. The Bertz CT molecular complexity index is 1030. The second-order valence-corrected chi connectivity index (χ2v) is 6.42. The summed E-state index contributed by atoms with van der Waals surface area (Å²) in [4.78, 5) is 14.8. The minimum atomic E-state index is -2.02. The van der Waals surface area contributed by atoms with Crippen LogP contribution in [0.25, 0.3) is 0 Å². The molecule has 1 N–H and O–H groups in total. The fraction of sp³-hybridized carbons (Fsp3) is 0.136. The van der Waals surface area contributed by atoms with E-state index in [9.17, 15) is 14.3 Å². The van der Waals surface area contributed by atoms with Gasteiger partial charge in [0.05, 0.1) is 19.9 Å². The van der Waals surface area contributed by atoms with Crippen molar-refractivity contribution >= 4 is 17.2 Å². The van der Waals surface area contributed by atoms with Gasteiger partial charge in [0.25, 0.3) is 0 Å². The second kappa shape index (κ2) is 6.65. The van der Waals surface area contributed by atoms with Crippen LogP contribution in [0.3, 0.4) is 0 Å². The lowest BCUT2D eigenvalue weighted by atomic mass is 9.96. The van der Waals surface area contributed by atoms with Crippen molar-refractivity contribution in [2.75, 3.05) is 19.1 Å². The molecule has 4 rings (SSSR count). The highest BCUT2D eigenvalue weighted by Gasteiger charge is 2.52. The molecule has 0 saturated carbocycles. The Morgan fingerprint density at radius 2 is 1.50 bits per heavy atom. The number of carbonyl (C=O) groups is 1. The van der Waals surface area contributed by atoms with Crippen LogP contribution in [0, 0.1) is 5.82 Å². The largest absolute Gasteiger partial charge is 0.497 e. The van der Waals surface area contributed by atoms with E-state index >= 15 is 0 Å². The number of aliphatic hydroxyl groups is 1. The molecule has 0 aliphatic carbocycles. The molecule has 0 radical (unpaired) electrons. The molecule has 142 valence electrons. The van der Waals surface area contributed by atoms with Gasteiger partial charge in [-0.05, 0) is 48.5 Å². The second-order valence-electron chi connectivity index (χ2n) is 6.42. The first-order chi connectivity index (χ1) is 13.5. The number of hydrogen-bond acceptors (Lipinski definition) is 5. The number of carbonyl (C=O) groups excluding carboxylic acids is 1. The first-order valence-corrected chi connectivity index (χ1v) is 8.64. The summed E-state index contributed by atoms with van der Waals surface area (Å²) in [7, 11) is 3.09. The Hall–Kier alpha value is -3.38. The van der Waals surface area contributed by atoms with E-state index in [1.807, 2.05) is 0 Å². The van der Waals surface area contributed by atoms with Crippen molar-refractivity contribution in [1.82, 2.24) is 0 Å². The van der Waals surface area contributed by atoms with E-state index < -0.39 is 17.3 Å². The van der Waals surface area contributed by atoms with E-state index in [1.165, 1.54) is 36.3 Å². The molecule has 5 nitrogen and oxygen atoms in total. The first kappa shape index (κ1) is 18.0. The highest BCUT2D eigenvalue weighted by atomic mass is 19.1. The molecular formula is C22H18FNO4. The summed E-state index contributed by atoms with van der Waals surface area (Å²) in [5, 5.41) is 11.6. The Morgan fingerprint density at radius 1 is 0.893 bits per heavy atom. The molecule has 0 amide bonds. The predicted octanol–water partition coefficient (Wildman–Crippen LogP) is 4.02. The minimum Gasteiger partial charge on any atom is -0.497 e. The van der Waals surface area contributed by atoms with Gasteiger partial charge in [-0.15, -0.1) is 0 Å². The Labute approximate surface area is 161 Å². The molecule has 0 aromatic heterocycles. The standard InChI is InChI=1S/C22H18FNO4/c1-27-17-9-7-16(8-10-17)24-20-13-18(28-2)11-12-19(20)21(25)22(24,26)14-3-5-15(23)6-4-14/h3-13,26H,1-2H3. The van der Waals surface area contributed by atoms with Gasteiger partial charge in [0.1, 0.15) is 17.3 Å². The maximum Gasteiger partial charge on any atom is 0.234 e. The van der Waals surface area contributed by atoms with Crippen LogP contribution in [0.5, 0.6) is 11.5 Å². The van der Waals surface area contributed by atoms with E-state index in [1.54, 1.807) is 49.6 Å². The highest BCUT2D eigenvalue weighted by molar-refractivity contribution is 6.15.